The lowest BCUT2D eigenvalue weighted by atomic mass is 10.2. The van der Waals surface area contributed by atoms with Gasteiger partial charge in [-0.1, -0.05) is 19.8 Å². The molecular weight excluding hydrogens is 208 g/mol. The van der Waals surface area contributed by atoms with Gasteiger partial charge in [-0.05, 0) is 5.92 Å². The van der Waals surface area contributed by atoms with Crippen molar-refractivity contribution in [2.75, 3.05) is 31.1 Å². The summed E-state index contributed by atoms with van der Waals surface area (Å²) in [5.74, 6) is 4.80. The van der Waals surface area contributed by atoms with Crippen LogP contribution >= 0.6 is 11.8 Å². The number of rotatable bonds is 8. The van der Waals surface area contributed by atoms with Gasteiger partial charge < -0.3 is 10.6 Å². The predicted molar refractivity (Wildman–Crippen MR) is 66.9 cm³/mol. The molecule has 0 aromatic heterocycles. The molecule has 3 nitrogen and oxygen atoms in total. The highest BCUT2D eigenvalue weighted by Crippen LogP contribution is 1.94. The van der Waals surface area contributed by atoms with Gasteiger partial charge in [-0.25, -0.2) is 0 Å². The first-order valence-electron chi connectivity index (χ1n) is 5.15. The Morgan fingerprint density at radius 1 is 1.53 bits per heavy atom. The number of carbonyl (C=O) groups excluding carboxylic acids is 1. The summed E-state index contributed by atoms with van der Waals surface area (Å²) in [5, 5.41) is 5.91. The van der Waals surface area contributed by atoms with Crippen molar-refractivity contribution in [1.29, 1.82) is 0 Å². The van der Waals surface area contributed by atoms with Crippen LogP contribution in [0.3, 0.4) is 0 Å². The van der Waals surface area contributed by atoms with Crippen LogP contribution in [0.15, 0.2) is 0 Å². The molecule has 0 aliphatic carbocycles. The topological polar surface area (TPSA) is 41.1 Å². The highest BCUT2D eigenvalue weighted by atomic mass is 32.2. The third-order valence-corrected chi connectivity index (χ3v) is 2.47. The van der Waals surface area contributed by atoms with E-state index in [-0.39, 0.29) is 5.91 Å². The summed E-state index contributed by atoms with van der Waals surface area (Å²) < 4.78 is 0. The van der Waals surface area contributed by atoms with Crippen LogP contribution in [0, 0.1) is 18.3 Å². The molecule has 0 atom stereocenters. The zero-order chi connectivity index (χ0) is 11.5. The van der Waals surface area contributed by atoms with Crippen LogP contribution in [0.4, 0.5) is 0 Å². The largest absolute Gasteiger partial charge is 0.355 e. The summed E-state index contributed by atoms with van der Waals surface area (Å²) in [4.78, 5) is 11.2. The van der Waals surface area contributed by atoms with E-state index in [1.807, 2.05) is 0 Å². The van der Waals surface area contributed by atoms with E-state index in [1.165, 1.54) is 0 Å². The predicted octanol–water partition coefficient (Wildman–Crippen LogP) is 0.715. The Kier molecular flexibility index (Phi) is 9.44. The standard InChI is InChI=1S/C11H20N2OS/c1-4-6-15-7-5-12-9-11(14)13-8-10(2)3/h1,10,12H,5-9H2,2-3H3,(H,13,14). The maximum absolute atomic E-state index is 11.2. The lowest BCUT2D eigenvalue weighted by Gasteiger charge is -2.08. The van der Waals surface area contributed by atoms with Crippen molar-refractivity contribution in [1.82, 2.24) is 10.6 Å². The molecule has 4 heteroatoms. The van der Waals surface area contributed by atoms with Gasteiger partial charge in [0.2, 0.25) is 5.91 Å². The zero-order valence-electron chi connectivity index (χ0n) is 9.51. The normalized spacial score (nSPS) is 10.0. The molecule has 86 valence electrons. The first-order chi connectivity index (χ1) is 7.16. The van der Waals surface area contributed by atoms with Gasteiger partial charge in [-0.15, -0.1) is 18.2 Å². The SMILES string of the molecule is C#CCSCCNCC(=O)NCC(C)C. The lowest BCUT2D eigenvalue weighted by Crippen LogP contribution is -2.36. The summed E-state index contributed by atoms with van der Waals surface area (Å²) in [6.07, 6.45) is 5.10. The van der Waals surface area contributed by atoms with Gasteiger partial charge in [0.15, 0.2) is 0 Å². The Balaban J connectivity index is 3.21. The first kappa shape index (κ1) is 14.3. The highest BCUT2D eigenvalue weighted by Gasteiger charge is 2.00. The first-order valence-corrected chi connectivity index (χ1v) is 6.31. The minimum Gasteiger partial charge on any atom is -0.355 e. The van der Waals surface area contributed by atoms with Gasteiger partial charge >= 0.3 is 0 Å². The number of amides is 1. The molecule has 0 fully saturated rings. The molecule has 1 amide bonds. The number of carbonyl (C=O) groups is 1. The van der Waals surface area contributed by atoms with Crippen LogP contribution in [0.5, 0.6) is 0 Å². The van der Waals surface area contributed by atoms with Crippen molar-refractivity contribution < 1.29 is 4.79 Å². The summed E-state index contributed by atoms with van der Waals surface area (Å²) in [6, 6.07) is 0. The van der Waals surface area contributed by atoms with E-state index >= 15 is 0 Å². The molecule has 0 saturated heterocycles. The molecular formula is C11H20N2OS. The number of hydrogen-bond acceptors (Lipinski definition) is 3. The fourth-order valence-corrected chi connectivity index (χ4v) is 1.41. The van der Waals surface area contributed by atoms with Crippen LogP contribution in [-0.4, -0.2) is 37.0 Å². The smallest absolute Gasteiger partial charge is 0.233 e. The van der Waals surface area contributed by atoms with Crippen molar-refractivity contribution in [2.45, 2.75) is 13.8 Å². The summed E-state index contributed by atoms with van der Waals surface area (Å²) in [7, 11) is 0. The van der Waals surface area contributed by atoms with Gasteiger partial charge in [-0.3, -0.25) is 4.79 Å². The lowest BCUT2D eigenvalue weighted by molar-refractivity contribution is -0.120. The van der Waals surface area contributed by atoms with E-state index in [9.17, 15) is 4.79 Å². The van der Waals surface area contributed by atoms with Crippen molar-refractivity contribution in [3.8, 4) is 12.3 Å². The molecule has 0 radical (unpaired) electrons. The third-order valence-electron chi connectivity index (χ3n) is 1.60. The molecule has 0 aromatic carbocycles. The molecule has 0 unspecified atom stereocenters. The summed E-state index contributed by atoms with van der Waals surface area (Å²) in [6.45, 7) is 6.10. The van der Waals surface area contributed by atoms with Crippen LogP contribution in [0.1, 0.15) is 13.8 Å². The number of thioether (sulfide) groups is 1. The maximum atomic E-state index is 11.2. The molecule has 0 aliphatic rings. The summed E-state index contributed by atoms with van der Waals surface area (Å²) >= 11 is 1.69. The van der Waals surface area contributed by atoms with Gasteiger partial charge in [0, 0.05) is 18.8 Å². The zero-order valence-corrected chi connectivity index (χ0v) is 10.3. The Bertz CT molecular complexity index is 211. The van der Waals surface area contributed by atoms with Crippen molar-refractivity contribution in [2.24, 2.45) is 5.92 Å². The van der Waals surface area contributed by atoms with Crippen LogP contribution in [-0.2, 0) is 4.79 Å². The Morgan fingerprint density at radius 2 is 2.27 bits per heavy atom. The van der Waals surface area contributed by atoms with Gasteiger partial charge in [0.05, 0.1) is 12.3 Å². The second-order valence-corrected chi connectivity index (χ2v) is 4.74. The Morgan fingerprint density at radius 3 is 2.87 bits per heavy atom. The fraction of sp³-hybridized carbons (Fsp3) is 0.727. The van der Waals surface area contributed by atoms with Crippen molar-refractivity contribution >= 4 is 17.7 Å². The summed E-state index contributed by atoms with van der Waals surface area (Å²) in [5.41, 5.74) is 0. The average Bonchev–Trinajstić information content (AvgIpc) is 2.20. The minimum absolute atomic E-state index is 0.0608. The molecule has 0 aliphatic heterocycles. The molecule has 0 saturated carbocycles. The van der Waals surface area contributed by atoms with Crippen LogP contribution < -0.4 is 10.6 Å². The second kappa shape index (κ2) is 9.88. The number of terminal acetylenes is 1. The average molecular weight is 228 g/mol. The van der Waals surface area contributed by atoms with E-state index in [0.29, 0.717) is 12.5 Å². The second-order valence-electron chi connectivity index (χ2n) is 3.63. The third kappa shape index (κ3) is 11.3. The highest BCUT2D eigenvalue weighted by molar-refractivity contribution is 7.99. The van der Waals surface area contributed by atoms with E-state index < -0.39 is 0 Å². The van der Waals surface area contributed by atoms with E-state index in [0.717, 1.165) is 24.6 Å². The van der Waals surface area contributed by atoms with E-state index in [1.54, 1.807) is 11.8 Å². The van der Waals surface area contributed by atoms with E-state index in [4.69, 9.17) is 6.42 Å². The van der Waals surface area contributed by atoms with Gasteiger partial charge in [0.1, 0.15) is 0 Å². The molecule has 0 aromatic rings. The Hall–Kier alpha value is -0.660. The van der Waals surface area contributed by atoms with Crippen molar-refractivity contribution in [3.05, 3.63) is 0 Å². The van der Waals surface area contributed by atoms with Gasteiger partial charge in [-0.2, -0.15) is 0 Å². The van der Waals surface area contributed by atoms with Crippen molar-refractivity contribution in [3.63, 3.8) is 0 Å². The molecule has 0 bridgehead atoms. The van der Waals surface area contributed by atoms with Crippen LogP contribution in [0.2, 0.25) is 0 Å². The molecule has 0 heterocycles. The Labute approximate surface area is 96.8 Å². The maximum Gasteiger partial charge on any atom is 0.233 e. The van der Waals surface area contributed by atoms with E-state index in [2.05, 4.69) is 30.4 Å². The molecule has 0 spiro atoms. The fourth-order valence-electron chi connectivity index (χ4n) is 0.858. The van der Waals surface area contributed by atoms with Gasteiger partial charge in [0.25, 0.3) is 0 Å². The molecule has 0 rings (SSSR count). The quantitative estimate of drug-likeness (QED) is 0.475. The molecule has 2 N–H and O–H groups in total. The minimum atomic E-state index is 0.0608. The number of hydrogen-bond donors (Lipinski definition) is 2. The van der Waals surface area contributed by atoms with Crippen LogP contribution in [0.25, 0.3) is 0 Å². The number of nitrogens with one attached hydrogen (secondary N) is 2. The monoisotopic (exact) mass is 228 g/mol. The molecule has 15 heavy (non-hydrogen) atoms.